The Bertz CT molecular complexity index is 941. The van der Waals surface area contributed by atoms with Gasteiger partial charge in [-0.3, -0.25) is 9.47 Å². The van der Waals surface area contributed by atoms with E-state index in [0.717, 1.165) is 17.5 Å². The molecule has 0 atom stereocenters. The molecule has 2 aromatic rings. The first kappa shape index (κ1) is 20.2. The Balaban J connectivity index is 1.98. The normalized spacial score (nSPS) is 12.4. The maximum absolute atomic E-state index is 12.5. The van der Waals surface area contributed by atoms with Gasteiger partial charge in [0.1, 0.15) is 11.3 Å². The second kappa shape index (κ2) is 8.67. The van der Waals surface area contributed by atoms with Gasteiger partial charge < -0.3 is 19.2 Å². The van der Waals surface area contributed by atoms with Gasteiger partial charge in [0.25, 0.3) is 0 Å². The maximum Gasteiger partial charge on any atom is 0.343 e. The molecule has 1 aromatic carbocycles. The Hall–Kier alpha value is -2.51. The van der Waals surface area contributed by atoms with Crippen molar-refractivity contribution in [1.29, 1.82) is 0 Å². The van der Waals surface area contributed by atoms with Crippen LogP contribution in [0.3, 0.4) is 0 Å². The van der Waals surface area contributed by atoms with Crippen LogP contribution in [0.4, 0.5) is 0 Å². The highest BCUT2D eigenvalue weighted by Gasteiger charge is 2.24. The lowest BCUT2D eigenvalue weighted by Gasteiger charge is -2.32. The minimum absolute atomic E-state index is 0.00472. The van der Waals surface area contributed by atoms with Gasteiger partial charge in [-0.25, -0.2) is 4.79 Å². The van der Waals surface area contributed by atoms with Crippen LogP contribution in [0.5, 0.6) is 5.75 Å². The van der Waals surface area contributed by atoms with E-state index < -0.39 is 5.97 Å². The summed E-state index contributed by atoms with van der Waals surface area (Å²) < 4.78 is 17.5. The second-order valence-corrected chi connectivity index (χ2v) is 6.86. The molecule has 3 rings (SSSR count). The van der Waals surface area contributed by atoms with E-state index in [1.54, 1.807) is 24.8 Å². The van der Waals surface area contributed by atoms with E-state index in [1.165, 1.54) is 12.3 Å². The average Bonchev–Trinajstić information content (AvgIpc) is 2.66. The minimum Gasteiger partial charge on any atom is -0.492 e. The van der Waals surface area contributed by atoms with Crippen molar-refractivity contribution in [2.24, 2.45) is 0 Å². The van der Waals surface area contributed by atoms with E-state index in [2.05, 4.69) is 0 Å². The minimum atomic E-state index is -0.625. The zero-order chi connectivity index (χ0) is 20.3. The van der Waals surface area contributed by atoms with E-state index in [4.69, 9.17) is 25.8 Å². The molecule has 0 aliphatic carbocycles. The van der Waals surface area contributed by atoms with Crippen LogP contribution in [0, 0.1) is 0 Å². The number of aromatic nitrogens is 1. The van der Waals surface area contributed by atoms with Crippen molar-refractivity contribution < 1.29 is 19.0 Å². The third-order valence-electron chi connectivity index (χ3n) is 4.48. The predicted octanol–water partition coefficient (Wildman–Crippen LogP) is 2.84. The third-order valence-corrected chi connectivity index (χ3v) is 4.77. The summed E-state index contributed by atoms with van der Waals surface area (Å²) in [7, 11) is 3.52. The Morgan fingerprint density at radius 2 is 2.04 bits per heavy atom. The molecule has 0 fully saturated rings. The molecule has 150 valence electrons. The van der Waals surface area contributed by atoms with Crippen LogP contribution in [0.15, 0.2) is 29.2 Å². The molecule has 0 unspecified atom stereocenters. The summed E-state index contributed by atoms with van der Waals surface area (Å²) in [6.45, 7) is 3.60. The maximum atomic E-state index is 12.5. The highest BCUT2D eigenvalue weighted by atomic mass is 35.5. The number of benzene rings is 1. The fourth-order valence-corrected chi connectivity index (χ4v) is 3.37. The summed E-state index contributed by atoms with van der Waals surface area (Å²) in [5.41, 5.74) is 2.10. The molecule has 0 spiro atoms. The summed E-state index contributed by atoms with van der Waals surface area (Å²) >= 11 is 6.41. The van der Waals surface area contributed by atoms with Crippen molar-refractivity contribution in [2.75, 3.05) is 39.0 Å². The molecule has 1 aliphatic heterocycles. The Morgan fingerprint density at radius 1 is 1.25 bits per heavy atom. The summed E-state index contributed by atoms with van der Waals surface area (Å²) in [6, 6.07) is 5.13. The van der Waals surface area contributed by atoms with E-state index in [-0.39, 0.29) is 17.6 Å². The molecule has 7 nitrogen and oxygen atoms in total. The lowest BCUT2D eigenvalue weighted by molar-refractivity contribution is 0.0524. The van der Waals surface area contributed by atoms with Crippen LogP contribution in [-0.2, 0) is 16.0 Å². The molecule has 0 bridgehead atoms. The number of nitrogens with zero attached hydrogens (tertiary/aromatic N) is 2. The number of carbonyl (C=O) groups is 1. The van der Waals surface area contributed by atoms with E-state index >= 15 is 0 Å². The fourth-order valence-electron chi connectivity index (χ4n) is 3.15. The highest BCUT2D eigenvalue weighted by molar-refractivity contribution is 6.32. The number of hydrogen-bond donors (Lipinski definition) is 0. The van der Waals surface area contributed by atoms with Crippen LogP contribution in [0.25, 0.3) is 11.3 Å². The summed E-state index contributed by atoms with van der Waals surface area (Å²) in [5, 5.41) is 2.37. The van der Waals surface area contributed by atoms with Gasteiger partial charge in [-0.05, 0) is 24.6 Å². The van der Waals surface area contributed by atoms with Gasteiger partial charge in [0.2, 0.25) is 0 Å². The molecular weight excluding hydrogens is 384 g/mol. The highest BCUT2D eigenvalue weighted by Crippen LogP contribution is 2.36. The first-order valence-electron chi connectivity index (χ1n) is 9.06. The zero-order valence-corrected chi connectivity index (χ0v) is 16.9. The van der Waals surface area contributed by atoms with Crippen molar-refractivity contribution in [3.05, 3.63) is 50.8 Å². The molecule has 0 N–H and O–H groups in total. The molecule has 0 amide bonds. The molecule has 8 heteroatoms. The molecule has 0 saturated carbocycles. The van der Waals surface area contributed by atoms with Gasteiger partial charge in [-0.2, -0.15) is 0 Å². The molecule has 2 heterocycles. The van der Waals surface area contributed by atoms with Gasteiger partial charge in [0, 0.05) is 45.0 Å². The third kappa shape index (κ3) is 4.00. The molecule has 0 radical (unpaired) electrons. The predicted molar refractivity (Wildman–Crippen MR) is 107 cm³/mol. The lowest BCUT2D eigenvalue weighted by Crippen LogP contribution is -2.36. The number of halogens is 1. The van der Waals surface area contributed by atoms with Crippen molar-refractivity contribution >= 4 is 17.6 Å². The SMILES string of the molecule is CCOC(=O)c1cn2c(cc1=O)-c1cc(Cl)c(OCCCOC)cc1CN2C. The lowest BCUT2D eigenvalue weighted by atomic mass is 10.0. The number of esters is 1. The van der Waals surface area contributed by atoms with Crippen LogP contribution in [-0.4, -0.2) is 44.6 Å². The van der Waals surface area contributed by atoms with E-state index in [0.29, 0.717) is 36.2 Å². The van der Waals surface area contributed by atoms with E-state index in [9.17, 15) is 9.59 Å². The van der Waals surface area contributed by atoms with Gasteiger partial charge in [-0.15, -0.1) is 0 Å². The van der Waals surface area contributed by atoms with Crippen molar-refractivity contribution in [3.8, 4) is 17.0 Å². The molecule has 1 aromatic heterocycles. The Morgan fingerprint density at radius 3 is 2.75 bits per heavy atom. The first-order valence-corrected chi connectivity index (χ1v) is 9.43. The number of pyridine rings is 1. The molecular formula is C20H23ClN2O5. The Kier molecular flexibility index (Phi) is 6.26. The van der Waals surface area contributed by atoms with Crippen molar-refractivity contribution in [3.63, 3.8) is 0 Å². The van der Waals surface area contributed by atoms with Crippen LogP contribution in [0.2, 0.25) is 5.02 Å². The first-order chi connectivity index (χ1) is 13.5. The zero-order valence-electron chi connectivity index (χ0n) is 16.2. The monoisotopic (exact) mass is 406 g/mol. The smallest absolute Gasteiger partial charge is 0.343 e. The number of carbonyl (C=O) groups excluding carboxylic acids is 1. The van der Waals surface area contributed by atoms with Gasteiger partial charge >= 0.3 is 5.97 Å². The van der Waals surface area contributed by atoms with Crippen molar-refractivity contribution in [1.82, 2.24) is 4.68 Å². The number of fused-ring (bicyclic) bond motifs is 3. The number of methoxy groups -OCH3 is 1. The van der Waals surface area contributed by atoms with Crippen LogP contribution in [0.1, 0.15) is 29.3 Å². The Labute approximate surface area is 168 Å². The van der Waals surface area contributed by atoms with Crippen LogP contribution < -0.4 is 15.2 Å². The number of ether oxygens (including phenoxy) is 3. The van der Waals surface area contributed by atoms with E-state index in [1.807, 2.05) is 18.1 Å². The quantitative estimate of drug-likeness (QED) is 0.520. The topological polar surface area (TPSA) is 70.0 Å². The second-order valence-electron chi connectivity index (χ2n) is 6.45. The van der Waals surface area contributed by atoms with Gasteiger partial charge in [-0.1, -0.05) is 11.6 Å². The summed E-state index contributed by atoms with van der Waals surface area (Å²) in [5.74, 6) is -0.0244. The van der Waals surface area contributed by atoms with Gasteiger partial charge in [0.15, 0.2) is 5.43 Å². The summed E-state index contributed by atoms with van der Waals surface area (Å²) in [6.07, 6.45) is 2.28. The van der Waals surface area contributed by atoms with Crippen LogP contribution >= 0.6 is 11.6 Å². The standard InChI is InChI=1S/C20H23ClN2O5/c1-4-27-20(25)15-12-23-17(10-18(15)24)14-9-16(21)19(28-7-5-6-26-3)8-13(14)11-22(23)2/h8-10,12H,4-7,11H2,1-3H3. The van der Waals surface area contributed by atoms with Crippen molar-refractivity contribution in [2.45, 2.75) is 19.9 Å². The average molecular weight is 407 g/mol. The van der Waals surface area contributed by atoms with Gasteiger partial charge in [0.05, 0.1) is 30.5 Å². The largest absolute Gasteiger partial charge is 0.492 e. The molecule has 0 saturated heterocycles. The molecule has 1 aliphatic rings. The summed E-state index contributed by atoms with van der Waals surface area (Å²) in [4.78, 5) is 24.5. The fraction of sp³-hybridized carbons (Fsp3) is 0.400. The number of rotatable bonds is 7. The molecule has 28 heavy (non-hydrogen) atoms. The number of hydrogen-bond acceptors (Lipinski definition) is 6.